The molecular weight excluding hydrogens is 418 g/mol. The van der Waals surface area contributed by atoms with Crippen molar-refractivity contribution in [3.05, 3.63) is 64.4 Å². The number of rotatable bonds is 4. The first-order valence-corrected chi connectivity index (χ1v) is 11.8. The van der Waals surface area contributed by atoms with Gasteiger partial charge in [-0.05, 0) is 63.0 Å². The SMILES string of the molecule is Cc1cccc(-c2n[nH]c(=S)n2CC(=O)N2CCC(N3c4ccccc4C[C@H]3C)CC2)c1. The summed E-state index contributed by atoms with van der Waals surface area (Å²) in [6.45, 7) is 6.13. The zero-order chi connectivity index (χ0) is 22.2. The summed E-state index contributed by atoms with van der Waals surface area (Å²) in [5.74, 6) is 0.814. The number of amides is 1. The first-order chi connectivity index (χ1) is 15.5. The molecule has 2 aliphatic rings. The molecule has 1 fully saturated rings. The normalized spacial score (nSPS) is 18.8. The van der Waals surface area contributed by atoms with Crippen LogP contribution in [0.25, 0.3) is 11.4 Å². The number of anilines is 1. The lowest BCUT2D eigenvalue weighted by Crippen LogP contribution is -2.49. The third-order valence-electron chi connectivity index (χ3n) is 6.80. The molecule has 1 N–H and O–H groups in total. The van der Waals surface area contributed by atoms with Crippen molar-refractivity contribution in [1.82, 2.24) is 19.7 Å². The first kappa shape index (κ1) is 20.9. The quantitative estimate of drug-likeness (QED) is 0.604. The lowest BCUT2D eigenvalue weighted by molar-refractivity contribution is -0.132. The molecule has 1 aromatic heterocycles. The van der Waals surface area contributed by atoms with Crippen molar-refractivity contribution in [2.45, 2.75) is 51.7 Å². The summed E-state index contributed by atoms with van der Waals surface area (Å²) in [6, 6.07) is 17.8. The van der Waals surface area contributed by atoms with Crippen molar-refractivity contribution in [3.63, 3.8) is 0 Å². The van der Waals surface area contributed by atoms with E-state index in [9.17, 15) is 4.79 Å². The number of carbonyl (C=O) groups is 1. The summed E-state index contributed by atoms with van der Waals surface area (Å²) in [6.07, 6.45) is 3.09. The molecule has 0 radical (unpaired) electrons. The fourth-order valence-corrected chi connectivity index (χ4v) is 5.44. The number of nitrogens with one attached hydrogen (secondary N) is 1. The van der Waals surface area contributed by atoms with Crippen LogP contribution >= 0.6 is 12.2 Å². The van der Waals surface area contributed by atoms with Gasteiger partial charge in [0.25, 0.3) is 0 Å². The Hall–Kier alpha value is -2.93. The maximum atomic E-state index is 13.2. The van der Waals surface area contributed by atoms with E-state index in [2.05, 4.69) is 52.4 Å². The van der Waals surface area contributed by atoms with E-state index in [4.69, 9.17) is 12.2 Å². The molecule has 3 heterocycles. The minimum Gasteiger partial charge on any atom is -0.365 e. The number of carbonyl (C=O) groups excluding carboxylic acids is 1. The van der Waals surface area contributed by atoms with Crippen molar-refractivity contribution in [2.24, 2.45) is 0 Å². The Morgan fingerprint density at radius 1 is 1.16 bits per heavy atom. The van der Waals surface area contributed by atoms with Gasteiger partial charge in [0.05, 0.1) is 0 Å². The fraction of sp³-hybridized carbons (Fsp3) is 0.400. The third-order valence-corrected chi connectivity index (χ3v) is 7.11. The molecule has 3 aromatic rings. The molecule has 0 saturated carbocycles. The molecule has 7 heteroatoms. The third kappa shape index (κ3) is 3.86. The molecule has 0 unspecified atom stereocenters. The summed E-state index contributed by atoms with van der Waals surface area (Å²) in [4.78, 5) is 17.7. The van der Waals surface area contributed by atoms with Crippen molar-refractivity contribution in [3.8, 4) is 11.4 Å². The lowest BCUT2D eigenvalue weighted by Gasteiger charge is -2.40. The maximum absolute atomic E-state index is 13.2. The first-order valence-electron chi connectivity index (χ1n) is 11.4. The Morgan fingerprint density at radius 3 is 2.72 bits per heavy atom. The highest BCUT2D eigenvalue weighted by Crippen LogP contribution is 2.36. The summed E-state index contributed by atoms with van der Waals surface area (Å²) in [7, 11) is 0. The Labute approximate surface area is 193 Å². The zero-order valence-corrected chi connectivity index (χ0v) is 19.4. The van der Waals surface area contributed by atoms with Crippen molar-refractivity contribution < 1.29 is 4.79 Å². The van der Waals surface area contributed by atoms with E-state index in [-0.39, 0.29) is 12.5 Å². The second kappa shape index (κ2) is 8.54. The molecule has 0 bridgehead atoms. The van der Waals surface area contributed by atoms with Gasteiger partial charge in [-0.25, -0.2) is 0 Å². The van der Waals surface area contributed by atoms with E-state index in [0.717, 1.165) is 43.5 Å². The topological polar surface area (TPSA) is 57.2 Å². The summed E-state index contributed by atoms with van der Waals surface area (Å²) in [5.41, 5.74) is 4.92. The fourth-order valence-electron chi connectivity index (χ4n) is 5.24. The van der Waals surface area contributed by atoms with Crippen molar-refractivity contribution in [2.75, 3.05) is 18.0 Å². The van der Waals surface area contributed by atoms with E-state index in [1.165, 1.54) is 11.3 Å². The van der Waals surface area contributed by atoms with E-state index in [1.54, 1.807) is 0 Å². The van der Waals surface area contributed by atoms with E-state index >= 15 is 0 Å². The molecule has 1 saturated heterocycles. The molecule has 1 atom stereocenters. The minimum atomic E-state index is 0.102. The molecule has 2 aliphatic heterocycles. The van der Waals surface area contributed by atoms with Crippen LogP contribution in [0.5, 0.6) is 0 Å². The van der Waals surface area contributed by atoms with Crippen LogP contribution < -0.4 is 4.90 Å². The number of fused-ring (bicyclic) bond motifs is 1. The molecule has 1 amide bonds. The number of H-pyrrole nitrogens is 1. The number of benzene rings is 2. The van der Waals surface area contributed by atoms with Gasteiger partial charge >= 0.3 is 0 Å². The second-order valence-corrected chi connectivity index (χ2v) is 9.40. The predicted molar refractivity (Wildman–Crippen MR) is 129 cm³/mol. The zero-order valence-electron chi connectivity index (χ0n) is 18.6. The highest BCUT2D eigenvalue weighted by atomic mass is 32.1. The summed E-state index contributed by atoms with van der Waals surface area (Å²) >= 11 is 5.43. The molecule has 6 nitrogen and oxygen atoms in total. The monoisotopic (exact) mass is 447 g/mol. The molecule has 0 aliphatic carbocycles. The summed E-state index contributed by atoms with van der Waals surface area (Å²) < 4.78 is 2.30. The number of likely N-dealkylation sites (tertiary alicyclic amines) is 1. The Balaban J connectivity index is 1.27. The lowest BCUT2D eigenvalue weighted by atomic mass is 10.0. The minimum absolute atomic E-state index is 0.102. The number of aryl methyl sites for hydroxylation is 1. The number of hydrogen-bond acceptors (Lipinski definition) is 4. The van der Waals surface area contributed by atoms with Gasteiger partial charge in [0.2, 0.25) is 5.91 Å². The average molecular weight is 448 g/mol. The largest absolute Gasteiger partial charge is 0.365 e. The average Bonchev–Trinajstić information content (AvgIpc) is 3.32. The number of nitrogens with zero attached hydrogens (tertiary/aromatic N) is 4. The molecular formula is C25H29N5OS. The van der Waals surface area contributed by atoms with Gasteiger partial charge in [-0.1, -0.05) is 42.0 Å². The maximum Gasteiger partial charge on any atom is 0.242 e. The molecule has 32 heavy (non-hydrogen) atoms. The van der Waals surface area contributed by atoms with Gasteiger partial charge in [-0.3, -0.25) is 14.5 Å². The summed E-state index contributed by atoms with van der Waals surface area (Å²) in [5, 5.41) is 7.25. The predicted octanol–water partition coefficient (Wildman–Crippen LogP) is 4.36. The van der Waals surface area contributed by atoms with Crippen molar-refractivity contribution in [1.29, 1.82) is 0 Å². The van der Waals surface area contributed by atoms with Crippen LogP contribution in [0.1, 0.15) is 30.9 Å². The molecule has 2 aromatic carbocycles. The van der Waals surface area contributed by atoms with Crippen LogP contribution in [0.3, 0.4) is 0 Å². The van der Waals surface area contributed by atoms with Gasteiger partial charge < -0.3 is 9.80 Å². The number of hydrogen-bond donors (Lipinski definition) is 1. The number of piperidine rings is 1. The van der Waals surface area contributed by atoms with Crippen LogP contribution in [0.2, 0.25) is 0 Å². The van der Waals surface area contributed by atoms with Gasteiger partial charge in [0, 0.05) is 36.4 Å². The Kier molecular flexibility index (Phi) is 5.59. The standard InChI is InChI=1S/C25H29N5OS/c1-17-6-5-8-20(14-17)24-26-27-25(32)29(24)16-23(31)28-12-10-21(11-13-28)30-18(2)15-19-7-3-4-9-22(19)30/h3-9,14,18,21H,10-13,15-16H2,1-2H3,(H,27,32)/t18-/m1/s1. The van der Waals surface area contributed by atoms with Crippen molar-refractivity contribution >= 4 is 23.8 Å². The van der Waals surface area contributed by atoms with E-state index in [0.29, 0.717) is 22.7 Å². The molecule has 166 valence electrons. The number of aromatic nitrogens is 3. The Morgan fingerprint density at radius 2 is 1.94 bits per heavy atom. The van der Waals surface area contributed by atoms with Gasteiger partial charge in [0.15, 0.2) is 10.6 Å². The Bertz CT molecular complexity index is 1190. The van der Waals surface area contributed by atoms with Crippen LogP contribution in [-0.2, 0) is 17.8 Å². The van der Waals surface area contributed by atoms with Crippen LogP contribution in [0, 0.1) is 11.7 Å². The highest BCUT2D eigenvalue weighted by molar-refractivity contribution is 7.71. The van der Waals surface area contributed by atoms with Gasteiger partial charge in [-0.15, -0.1) is 0 Å². The van der Waals surface area contributed by atoms with Gasteiger partial charge in [-0.2, -0.15) is 5.10 Å². The van der Waals surface area contributed by atoms with Gasteiger partial charge in [0.1, 0.15) is 6.54 Å². The molecule has 5 rings (SSSR count). The number of para-hydroxylation sites is 1. The highest BCUT2D eigenvalue weighted by Gasteiger charge is 2.34. The number of aromatic amines is 1. The van der Waals surface area contributed by atoms with E-state index < -0.39 is 0 Å². The van der Waals surface area contributed by atoms with E-state index in [1.807, 2.05) is 34.6 Å². The molecule has 0 spiro atoms. The smallest absolute Gasteiger partial charge is 0.242 e. The van der Waals surface area contributed by atoms with Crippen LogP contribution in [-0.4, -0.2) is 50.7 Å². The van der Waals surface area contributed by atoms with Crippen LogP contribution in [0.4, 0.5) is 5.69 Å². The van der Waals surface area contributed by atoms with Crippen LogP contribution in [0.15, 0.2) is 48.5 Å². The second-order valence-electron chi connectivity index (χ2n) is 9.01.